The van der Waals surface area contributed by atoms with Gasteiger partial charge in [-0.2, -0.15) is 8.42 Å². The molecular formula is C28H47KO8S. The van der Waals surface area contributed by atoms with Gasteiger partial charge in [0.2, 0.25) is 0 Å². The second-order valence-electron chi connectivity index (χ2n) is 10.1. The first-order valence-electron chi connectivity index (χ1n) is 14.1. The van der Waals surface area contributed by atoms with Gasteiger partial charge in [-0.3, -0.25) is 14.1 Å². The summed E-state index contributed by atoms with van der Waals surface area (Å²) in [6.45, 7) is 4.48. The summed E-state index contributed by atoms with van der Waals surface area (Å²) in [6.07, 6.45) is 19.9. The van der Waals surface area contributed by atoms with Crippen LogP contribution in [-0.4, -0.2) is 89.5 Å². The van der Waals surface area contributed by atoms with E-state index in [0.717, 1.165) is 54.7 Å². The van der Waals surface area contributed by atoms with Crippen LogP contribution in [0.5, 0.6) is 5.75 Å². The van der Waals surface area contributed by atoms with Gasteiger partial charge in [0.25, 0.3) is 10.1 Å². The minimum Gasteiger partial charge on any atom is -0.481 e. The number of rotatable bonds is 21. The molecule has 2 unspecified atom stereocenters. The third kappa shape index (κ3) is 21.3. The third-order valence-electron chi connectivity index (χ3n) is 6.13. The Hall–Kier alpha value is -0.494. The van der Waals surface area contributed by atoms with Crippen LogP contribution in [0.3, 0.4) is 0 Å². The molecule has 0 amide bonds. The first-order valence-corrected chi connectivity index (χ1v) is 17.4. The molecule has 1 aromatic carbocycles. The third-order valence-corrected chi connectivity index (χ3v) is 7.59. The van der Waals surface area contributed by atoms with Crippen molar-refractivity contribution in [2.45, 2.75) is 122 Å². The summed E-state index contributed by atoms with van der Waals surface area (Å²) < 4.78 is 35.1. The summed E-state index contributed by atoms with van der Waals surface area (Å²) in [4.78, 5) is 20.0. The van der Waals surface area contributed by atoms with E-state index >= 15 is 0 Å². The summed E-state index contributed by atoms with van der Waals surface area (Å²) in [7, 11) is -4.84. The molecule has 0 spiro atoms. The summed E-state index contributed by atoms with van der Waals surface area (Å²) in [6, 6.07) is 8.63. The number of unbranched alkanes of at least 4 members (excludes halogenated alkanes) is 13. The van der Waals surface area contributed by atoms with Gasteiger partial charge in [-0.15, -0.1) is 0 Å². The minimum absolute atomic E-state index is 0.444. The molecule has 214 valence electrons. The molecule has 1 rings (SSSR count). The number of ether oxygens (including phenoxy) is 1. The largest absolute Gasteiger partial charge is 0.481 e. The molecule has 0 saturated heterocycles. The fourth-order valence-corrected chi connectivity index (χ4v) is 5.07. The zero-order valence-electron chi connectivity index (χ0n) is 23.6. The van der Waals surface area contributed by atoms with Crippen molar-refractivity contribution in [2.24, 2.45) is 0 Å². The molecule has 0 aromatic heterocycles. The van der Waals surface area contributed by atoms with Crippen LogP contribution in [0.4, 0.5) is 0 Å². The number of benzene rings is 1. The van der Waals surface area contributed by atoms with Crippen molar-refractivity contribution in [1.29, 1.82) is 0 Å². The van der Waals surface area contributed by atoms with Gasteiger partial charge in [-0.25, -0.2) is 0 Å². The molecular weight excluding hydrogens is 535 g/mol. The van der Waals surface area contributed by atoms with E-state index in [1.54, 1.807) is 0 Å². The van der Waals surface area contributed by atoms with Crippen molar-refractivity contribution in [3.63, 3.8) is 0 Å². The topological polar surface area (TPSA) is 138 Å². The Morgan fingerprint density at radius 1 is 0.842 bits per heavy atom. The van der Waals surface area contributed by atoms with E-state index in [-0.39, 0.29) is 0 Å². The normalized spacial score (nSPS) is 12.8. The Kier molecular flexibility index (Phi) is 22.9. The maximum atomic E-state index is 10.2. The van der Waals surface area contributed by atoms with E-state index < -0.39 is 33.7 Å². The van der Waals surface area contributed by atoms with Crippen LogP contribution < -0.4 is 4.74 Å². The van der Waals surface area contributed by atoms with E-state index in [0.29, 0.717) is 0.199 Å². The van der Waals surface area contributed by atoms with Crippen molar-refractivity contribution < 1.29 is 37.5 Å². The zero-order valence-corrected chi connectivity index (χ0v) is 27.5. The van der Waals surface area contributed by atoms with Crippen LogP contribution in [0.1, 0.15) is 116 Å². The first kappa shape index (κ1) is 37.5. The van der Waals surface area contributed by atoms with E-state index in [2.05, 4.69) is 38.1 Å². The summed E-state index contributed by atoms with van der Waals surface area (Å²) >= 11 is 0.731. The molecule has 1 aromatic rings. The Morgan fingerprint density at radius 2 is 1.29 bits per heavy atom. The molecule has 0 saturated carbocycles. The van der Waals surface area contributed by atoms with Gasteiger partial charge in [0.1, 0.15) is 0 Å². The number of aryl methyl sites for hydroxylation is 1. The quantitative estimate of drug-likeness (QED) is 0.0859. The number of carbonyl (C=O) groups is 2. The van der Waals surface area contributed by atoms with E-state index in [9.17, 15) is 18.0 Å². The maximum absolute atomic E-state index is 10.2. The van der Waals surface area contributed by atoms with Gasteiger partial charge in [0.05, 0.1) is 6.42 Å². The van der Waals surface area contributed by atoms with Crippen molar-refractivity contribution in [1.82, 2.24) is 0 Å². The van der Waals surface area contributed by atoms with Crippen LogP contribution in [0, 0.1) is 0 Å². The molecule has 0 aliphatic rings. The minimum atomic E-state index is -4.84. The molecule has 0 fully saturated rings. The Labute approximate surface area is 263 Å². The Bertz CT molecular complexity index is 873. The van der Waals surface area contributed by atoms with Crippen molar-refractivity contribution in [3.05, 3.63) is 29.8 Å². The molecule has 38 heavy (non-hydrogen) atoms. The summed E-state index contributed by atoms with van der Waals surface area (Å²) in [5.74, 6) is -2.37. The molecule has 0 bridgehead atoms. The standard InChI is InChI=1S/C24H41O.C4H6O7S.K/c1-3-5-6-7-8-9-10-11-12-13-14-15-16-17-20-23-21-18-19-22-24(23)25-4-2;5-3(6)1-2(4(7)8)12(9,10)11;/h4,18-19,21-22H,3,5-17,20H2,1-2H3;2H,1H2,(H,5,6)(H,7,8)(H,9,10,11);. The molecule has 0 aliphatic heterocycles. The van der Waals surface area contributed by atoms with Crippen LogP contribution in [-0.2, 0) is 26.1 Å². The van der Waals surface area contributed by atoms with Gasteiger partial charge >= 0.3 is 160 Å². The van der Waals surface area contributed by atoms with Crippen LogP contribution >= 0.6 is 0 Å². The smallest absolute Gasteiger partial charge is 0.325 e. The average molecular weight is 583 g/mol. The molecule has 0 aliphatic carbocycles. The molecule has 8 nitrogen and oxygen atoms in total. The van der Waals surface area contributed by atoms with Gasteiger partial charge in [-0.05, 0) is 0 Å². The van der Waals surface area contributed by atoms with Gasteiger partial charge in [0.15, 0.2) is 5.25 Å². The number of hydrogen-bond donors (Lipinski definition) is 3. The van der Waals surface area contributed by atoms with E-state index in [1.165, 1.54) is 102 Å². The molecule has 0 radical (unpaired) electrons. The predicted molar refractivity (Wildman–Crippen MR) is 152 cm³/mol. The number of carboxylic acid groups (broad SMARTS) is 2. The van der Waals surface area contributed by atoms with E-state index in [4.69, 9.17) is 19.5 Å². The van der Waals surface area contributed by atoms with Crippen LogP contribution in [0.15, 0.2) is 24.3 Å². The number of aliphatic carboxylic acids is 2. The zero-order chi connectivity index (χ0) is 28.8. The summed E-state index contributed by atoms with van der Waals surface area (Å²) in [5.41, 5.74) is 1.41. The number of para-hydroxylation sites is 1. The van der Waals surface area contributed by atoms with Crippen LogP contribution in [0.2, 0.25) is 0 Å². The monoisotopic (exact) mass is 582 g/mol. The van der Waals surface area contributed by atoms with Gasteiger partial charge in [-0.1, -0.05) is 51.9 Å². The average Bonchev–Trinajstić information content (AvgIpc) is 2.83. The van der Waals surface area contributed by atoms with Crippen molar-refractivity contribution in [3.8, 4) is 5.75 Å². The van der Waals surface area contributed by atoms with Crippen LogP contribution in [0.25, 0.3) is 0 Å². The molecule has 2 atom stereocenters. The van der Waals surface area contributed by atoms with Gasteiger partial charge < -0.3 is 10.2 Å². The summed E-state index contributed by atoms with van der Waals surface area (Å²) in [5, 5.41) is 13.9. The Morgan fingerprint density at radius 3 is 1.66 bits per heavy atom. The molecule has 3 N–H and O–H groups in total. The van der Waals surface area contributed by atoms with Gasteiger partial charge in [0, 0.05) is 0 Å². The molecule has 0 heterocycles. The predicted octanol–water partition coefficient (Wildman–Crippen LogP) is 6.41. The second kappa shape index (κ2) is 23.2. The number of hydrogen-bond acceptors (Lipinski definition) is 5. The molecule has 10 heteroatoms. The Balaban J connectivity index is 0.000000958. The van der Waals surface area contributed by atoms with E-state index in [1.807, 2.05) is 0 Å². The second-order valence-corrected chi connectivity index (χ2v) is 14.2. The van der Waals surface area contributed by atoms with Crippen molar-refractivity contribution >= 4 is 71.0 Å². The maximum Gasteiger partial charge on any atom is 0.325 e. The van der Waals surface area contributed by atoms with Crippen molar-refractivity contribution in [2.75, 3.05) is 0 Å². The number of carboxylic acids is 2. The SMILES string of the molecule is CCCCCCCCCCCCCCCCc1ccccc1O[CH](C)[K].O=C(O)CC(C(=O)O)S(=O)(=O)O. The first-order chi connectivity index (χ1) is 18.0. The fourth-order valence-electron chi connectivity index (χ4n) is 4.07. The fraction of sp³-hybridized carbons (Fsp3) is 0.714.